The largest absolute Gasteiger partial charge is 0.435 e. The summed E-state index contributed by atoms with van der Waals surface area (Å²) in [5.74, 6) is 0.402. The molecule has 0 radical (unpaired) electrons. The van der Waals surface area contributed by atoms with Gasteiger partial charge in [0.25, 0.3) is 0 Å². The minimum Gasteiger partial charge on any atom is -0.361 e. The van der Waals surface area contributed by atoms with Crippen LogP contribution in [0.3, 0.4) is 0 Å². The number of hydrogen-bond acceptors (Lipinski definition) is 4. The molecule has 0 spiro atoms. The Kier molecular flexibility index (Phi) is 4.34. The van der Waals surface area contributed by atoms with Crippen LogP contribution in [0.25, 0.3) is 0 Å². The van der Waals surface area contributed by atoms with Gasteiger partial charge in [0.1, 0.15) is 12.3 Å². The molecule has 1 saturated heterocycles. The molecule has 0 saturated carbocycles. The fourth-order valence-electron chi connectivity index (χ4n) is 3.36. The molecule has 1 amide bonds. The third kappa shape index (κ3) is 3.27. The molecule has 0 N–H and O–H groups in total. The van der Waals surface area contributed by atoms with Crippen molar-refractivity contribution in [3.05, 3.63) is 34.5 Å². The summed E-state index contributed by atoms with van der Waals surface area (Å²) >= 11 is 0. The molecule has 25 heavy (non-hydrogen) atoms. The van der Waals surface area contributed by atoms with E-state index in [4.69, 9.17) is 4.52 Å². The normalized spacial score (nSPS) is 18.2. The second-order valence-electron chi connectivity index (χ2n) is 6.31. The van der Waals surface area contributed by atoms with E-state index >= 15 is 0 Å². The van der Waals surface area contributed by atoms with Gasteiger partial charge < -0.3 is 9.42 Å². The van der Waals surface area contributed by atoms with Crippen molar-refractivity contribution in [2.45, 2.75) is 52.4 Å². The monoisotopic (exact) mass is 356 g/mol. The number of carbonyl (C=O) groups excluding carboxylic acids is 1. The van der Waals surface area contributed by atoms with Crippen LogP contribution in [0, 0.1) is 20.8 Å². The topological polar surface area (TPSA) is 64.2 Å². The smallest absolute Gasteiger partial charge is 0.361 e. The number of aromatic nitrogens is 3. The van der Waals surface area contributed by atoms with Crippen LogP contribution in [0.4, 0.5) is 13.2 Å². The van der Waals surface area contributed by atoms with Gasteiger partial charge in [-0.2, -0.15) is 18.3 Å². The molecular formula is C16H19F3N4O2. The van der Waals surface area contributed by atoms with Gasteiger partial charge in [0, 0.05) is 17.8 Å². The van der Waals surface area contributed by atoms with E-state index in [1.54, 1.807) is 11.8 Å². The standard InChI is InChI=1S/C16H19F3N4O2/c1-9-7-13(16(17,18)19)20-23(9)8-14(24)22-6-4-5-12(22)15-10(2)21-25-11(15)3/h7,12H,4-6,8H2,1-3H3/t12-/m1/s1. The second-order valence-corrected chi connectivity index (χ2v) is 6.31. The van der Waals surface area contributed by atoms with Crippen molar-refractivity contribution in [3.63, 3.8) is 0 Å². The average Bonchev–Trinajstić information content (AvgIpc) is 3.19. The van der Waals surface area contributed by atoms with Crippen molar-refractivity contribution >= 4 is 5.91 Å². The van der Waals surface area contributed by atoms with Crippen molar-refractivity contribution in [3.8, 4) is 0 Å². The number of nitrogens with zero attached hydrogens (tertiary/aromatic N) is 4. The van der Waals surface area contributed by atoms with E-state index < -0.39 is 11.9 Å². The fourth-order valence-corrected chi connectivity index (χ4v) is 3.36. The summed E-state index contributed by atoms with van der Waals surface area (Å²) in [7, 11) is 0. The van der Waals surface area contributed by atoms with Crippen LogP contribution in [0.2, 0.25) is 0 Å². The van der Waals surface area contributed by atoms with Gasteiger partial charge in [-0.3, -0.25) is 9.48 Å². The SMILES string of the molecule is Cc1noc(C)c1[C@H]1CCCN1C(=O)Cn1nc(C(F)(F)F)cc1C. The Labute approximate surface area is 142 Å². The molecule has 0 aliphatic carbocycles. The quantitative estimate of drug-likeness (QED) is 0.847. The van der Waals surface area contributed by atoms with E-state index in [2.05, 4.69) is 10.3 Å². The van der Waals surface area contributed by atoms with Crippen molar-refractivity contribution in [1.82, 2.24) is 19.8 Å². The minimum absolute atomic E-state index is 0.156. The average molecular weight is 356 g/mol. The maximum Gasteiger partial charge on any atom is 0.435 e. The number of hydrogen-bond donors (Lipinski definition) is 0. The molecule has 2 aromatic heterocycles. The molecule has 1 aliphatic rings. The first-order valence-corrected chi connectivity index (χ1v) is 8.02. The maximum atomic E-state index is 12.8. The molecule has 0 bridgehead atoms. The zero-order valence-electron chi connectivity index (χ0n) is 14.2. The summed E-state index contributed by atoms with van der Waals surface area (Å²) in [6.07, 6.45) is -2.92. The lowest BCUT2D eigenvalue weighted by molar-refractivity contribution is -0.142. The van der Waals surface area contributed by atoms with E-state index in [0.717, 1.165) is 34.8 Å². The summed E-state index contributed by atoms with van der Waals surface area (Å²) in [5.41, 5.74) is 0.936. The van der Waals surface area contributed by atoms with Gasteiger partial charge >= 0.3 is 6.18 Å². The lowest BCUT2D eigenvalue weighted by Crippen LogP contribution is -2.34. The highest BCUT2D eigenvalue weighted by atomic mass is 19.4. The molecule has 1 aliphatic heterocycles. The fraction of sp³-hybridized carbons (Fsp3) is 0.562. The van der Waals surface area contributed by atoms with Crippen molar-refractivity contribution in [1.29, 1.82) is 0 Å². The first kappa shape index (κ1) is 17.5. The predicted molar refractivity (Wildman–Crippen MR) is 81.6 cm³/mol. The number of amides is 1. The molecule has 0 unspecified atom stereocenters. The van der Waals surface area contributed by atoms with Gasteiger partial charge in [0.05, 0.1) is 11.7 Å². The van der Waals surface area contributed by atoms with Crippen LogP contribution in [-0.2, 0) is 17.5 Å². The Bertz CT molecular complexity index is 774. The summed E-state index contributed by atoms with van der Waals surface area (Å²) in [4.78, 5) is 14.4. The molecule has 9 heteroatoms. The molecule has 1 atom stereocenters. The van der Waals surface area contributed by atoms with Gasteiger partial charge in [0.15, 0.2) is 5.69 Å². The Morgan fingerprint density at radius 3 is 2.64 bits per heavy atom. The zero-order chi connectivity index (χ0) is 18.4. The number of halogens is 3. The van der Waals surface area contributed by atoms with Gasteiger partial charge in [0.2, 0.25) is 5.91 Å². The van der Waals surface area contributed by atoms with E-state index in [1.165, 1.54) is 6.92 Å². The number of rotatable bonds is 3. The predicted octanol–water partition coefficient (Wildman–Crippen LogP) is 3.18. The Hall–Kier alpha value is -2.32. The number of alkyl halides is 3. The number of likely N-dealkylation sites (tertiary alicyclic amines) is 1. The minimum atomic E-state index is -4.52. The van der Waals surface area contributed by atoms with Gasteiger partial charge in [-0.05, 0) is 39.7 Å². The molecule has 0 aromatic carbocycles. The Balaban J connectivity index is 1.80. The van der Waals surface area contributed by atoms with Crippen molar-refractivity contribution < 1.29 is 22.5 Å². The van der Waals surface area contributed by atoms with E-state index in [0.29, 0.717) is 18.0 Å². The molecule has 3 heterocycles. The van der Waals surface area contributed by atoms with Gasteiger partial charge in [-0.1, -0.05) is 5.16 Å². The highest BCUT2D eigenvalue weighted by Crippen LogP contribution is 2.36. The van der Waals surface area contributed by atoms with Gasteiger partial charge in [-0.25, -0.2) is 0 Å². The molecule has 3 rings (SSSR count). The summed E-state index contributed by atoms with van der Waals surface area (Å²) in [5, 5.41) is 7.46. The molecule has 6 nitrogen and oxygen atoms in total. The number of aryl methyl sites for hydroxylation is 3. The number of carbonyl (C=O) groups is 1. The van der Waals surface area contributed by atoms with Crippen LogP contribution in [0.5, 0.6) is 0 Å². The molecule has 136 valence electrons. The third-order valence-electron chi connectivity index (χ3n) is 4.55. The van der Waals surface area contributed by atoms with Crippen LogP contribution >= 0.6 is 0 Å². The highest BCUT2D eigenvalue weighted by molar-refractivity contribution is 5.77. The van der Waals surface area contributed by atoms with E-state index in [9.17, 15) is 18.0 Å². The van der Waals surface area contributed by atoms with Crippen LogP contribution in [-0.4, -0.2) is 32.3 Å². The zero-order valence-corrected chi connectivity index (χ0v) is 14.2. The summed E-state index contributed by atoms with van der Waals surface area (Å²) in [6, 6.07) is 0.792. The maximum absolute atomic E-state index is 12.8. The third-order valence-corrected chi connectivity index (χ3v) is 4.55. The molecule has 1 fully saturated rings. The van der Waals surface area contributed by atoms with E-state index in [-0.39, 0.29) is 18.5 Å². The van der Waals surface area contributed by atoms with Gasteiger partial charge in [-0.15, -0.1) is 0 Å². The Morgan fingerprint density at radius 1 is 1.36 bits per heavy atom. The Morgan fingerprint density at radius 2 is 2.08 bits per heavy atom. The molecular weight excluding hydrogens is 337 g/mol. The van der Waals surface area contributed by atoms with Crippen LogP contribution in [0.1, 0.15) is 47.3 Å². The van der Waals surface area contributed by atoms with Crippen LogP contribution in [0.15, 0.2) is 10.6 Å². The first-order chi connectivity index (χ1) is 11.7. The summed E-state index contributed by atoms with van der Waals surface area (Å²) in [6.45, 7) is 5.46. The van der Waals surface area contributed by atoms with E-state index in [1.807, 2.05) is 6.92 Å². The van der Waals surface area contributed by atoms with Crippen molar-refractivity contribution in [2.24, 2.45) is 0 Å². The highest BCUT2D eigenvalue weighted by Gasteiger charge is 2.36. The lowest BCUT2D eigenvalue weighted by atomic mass is 10.0. The van der Waals surface area contributed by atoms with Crippen molar-refractivity contribution in [2.75, 3.05) is 6.54 Å². The summed E-state index contributed by atoms with van der Waals surface area (Å²) < 4.78 is 44.6. The molecule has 2 aromatic rings. The second kappa shape index (κ2) is 6.20. The van der Waals surface area contributed by atoms with Crippen LogP contribution < -0.4 is 0 Å². The first-order valence-electron chi connectivity index (χ1n) is 8.02. The lowest BCUT2D eigenvalue weighted by Gasteiger charge is -2.25.